The van der Waals surface area contributed by atoms with Gasteiger partial charge in [-0.3, -0.25) is 9.78 Å². The lowest BCUT2D eigenvalue weighted by Crippen LogP contribution is -2.38. The first kappa shape index (κ1) is 17.9. The molecule has 1 aliphatic heterocycles. The van der Waals surface area contributed by atoms with Crippen LogP contribution in [0.1, 0.15) is 34.9 Å². The molecule has 1 amide bonds. The Bertz CT molecular complexity index is 1220. The highest BCUT2D eigenvalue weighted by atomic mass is 35.5. The van der Waals surface area contributed by atoms with E-state index in [-0.39, 0.29) is 5.91 Å². The molecule has 1 fully saturated rings. The number of pyridine rings is 2. The van der Waals surface area contributed by atoms with E-state index in [0.717, 1.165) is 35.0 Å². The first-order valence-electron chi connectivity index (χ1n) is 9.61. The zero-order valence-electron chi connectivity index (χ0n) is 15.6. The van der Waals surface area contributed by atoms with Crippen molar-refractivity contribution in [2.45, 2.75) is 18.8 Å². The maximum atomic E-state index is 12.9. The van der Waals surface area contributed by atoms with E-state index in [1.54, 1.807) is 12.4 Å². The number of carbonyl (C=O) groups excluding carboxylic acids is 1. The predicted octanol–water partition coefficient (Wildman–Crippen LogP) is 4.25. The summed E-state index contributed by atoms with van der Waals surface area (Å²) in [6.07, 6.45) is 4.91. The largest absolute Gasteiger partial charge is 0.337 e. The summed E-state index contributed by atoms with van der Waals surface area (Å²) < 4.78 is 0. The van der Waals surface area contributed by atoms with Crippen LogP contribution in [-0.2, 0) is 0 Å². The summed E-state index contributed by atoms with van der Waals surface area (Å²) >= 11 is 6.00. The van der Waals surface area contributed by atoms with Crippen molar-refractivity contribution < 1.29 is 4.79 Å². The number of benzene rings is 1. The van der Waals surface area contributed by atoms with Gasteiger partial charge in [0.25, 0.3) is 5.91 Å². The number of fused-ring (bicyclic) bond motifs is 2. The maximum absolute atomic E-state index is 12.9. The first-order valence-corrected chi connectivity index (χ1v) is 9.98. The lowest BCUT2D eigenvalue weighted by Gasteiger charge is -2.31. The number of piperidine rings is 1. The van der Waals surface area contributed by atoms with E-state index in [1.165, 1.54) is 0 Å². The molecule has 0 radical (unpaired) electrons. The summed E-state index contributed by atoms with van der Waals surface area (Å²) in [7, 11) is 0. The third kappa shape index (κ3) is 3.51. The van der Waals surface area contributed by atoms with E-state index >= 15 is 0 Å². The Morgan fingerprint density at radius 2 is 1.76 bits per heavy atom. The molecule has 0 unspecified atom stereocenters. The third-order valence-corrected chi connectivity index (χ3v) is 5.61. The van der Waals surface area contributed by atoms with Crippen LogP contribution in [0.3, 0.4) is 0 Å². The second-order valence-electron chi connectivity index (χ2n) is 7.25. The van der Waals surface area contributed by atoms with Gasteiger partial charge in [0, 0.05) is 36.3 Å². The molecule has 5 rings (SSSR count). The normalized spacial score (nSPS) is 15.1. The molecule has 29 heavy (non-hydrogen) atoms. The second kappa shape index (κ2) is 7.37. The number of carbonyl (C=O) groups is 1. The van der Waals surface area contributed by atoms with Crippen molar-refractivity contribution in [2.24, 2.45) is 0 Å². The minimum Gasteiger partial charge on any atom is -0.337 e. The van der Waals surface area contributed by atoms with E-state index < -0.39 is 0 Å². The van der Waals surface area contributed by atoms with Crippen LogP contribution in [0.4, 0.5) is 0 Å². The number of hydrogen-bond donors (Lipinski definition) is 0. The van der Waals surface area contributed by atoms with Gasteiger partial charge in [-0.05, 0) is 43.2 Å². The summed E-state index contributed by atoms with van der Waals surface area (Å²) in [4.78, 5) is 32.6. The van der Waals surface area contributed by atoms with Crippen LogP contribution in [0.2, 0.25) is 5.02 Å². The molecule has 0 N–H and O–H groups in total. The summed E-state index contributed by atoms with van der Waals surface area (Å²) in [5.41, 5.74) is 3.65. The van der Waals surface area contributed by atoms with Gasteiger partial charge >= 0.3 is 0 Å². The smallest absolute Gasteiger partial charge is 0.274 e. The molecule has 0 bridgehead atoms. The molecule has 6 nitrogen and oxygen atoms in total. The Morgan fingerprint density at radius 1 is 0.966 bits per heavy atom. The van der Waals surface area contributed by atoms with Gasteiger partial charge in [0.15, 0.2) is 5.65 Å². The van der Waals surface area contributed by atoms with Gasteiger partial charge in [-0.15, -0.1) is 0 Å². The zero-order valence-corrected chi connectivity index (χ0v) is 16.4. The molecule has 1 saturated heterocycles. The number of halogens is 1. The van der Waals surface area contributed by atoms with Crippen molar-refractivity contribution in [3.8, 4) is 0 Å². The number of aromatic nitrogens is 4. The standard InChI is InChI=1S/C22H18ClN5O/c23-16-11-15-5-6-17(27-21(15)25-12-16)14-7-9-28(10-8-14)22(29)20-13-24-18-3-1-2-4-19(18)26-20/h1-6,11-14H,7-10H2. The quantitative estimate of drug-likeness (QED) is 0.500. The van der Waals surface area contributed by atoms with Gasteiger partial charge in [0.1, 0.15) is 5.69 Å². The fourth-order valence-electron chi connectivity index (χ4n) is 3.83. The van der Waals surface area contributed by atoms with Crippen LogP contribution in [0.25, 0.3) is 22.1 Å². The molecule has 7 heteroatoms. The minimum atomic E-state index is -0.0653. The monoisotopic (exact) mass is 403 g/mol. The highest BCUT2D eigenvalue weighted by molar-refractivity contribution is 6.31. The first-order chi connectivity index (χ1) is 14.2. The van der Waals surface area contributed by atoms with Gasteiger partial charge in [0.2, 0.25) is 0 Å². The van der Waals surface area contributed by atoms with Crippen molar-refractivity contribution in [2.75, 3.05) is 13.1 Å². The molecule has 144 valence electrons. The van der Waals surface area contributed by atoms with E-state index in [4.69, 9.17) is 16.6 Å². The minimum absolute atomic E-state index is 0.0653. The molecule has 1 aromatic carbocycles. The van der Waals surface area contributed by atoms with Crippen molar-refractivity contribution in [3.05, 3.63) is 71.3 Å². The van der Waals surface area contributed by atoms with E-state index in [9.17, 15) is 4.79 Å². The van der Waals surface area contributed by atoms with Crippen molar-refractivity contribution in [1.82, 2.24) is 24.8 Å². The Hall–Kier alpha value is -3.12. The zero-order chi connectivity index (χ0) is 19.8. The highest BCUT2D eigenvalue weighted by Gasteiger charge is 2.26. The van der Waals surface area contributed by atoms with E-state index in [2.05, 4.69) is 15.0 Å². The van der Waals surface area contributed by atoms with Gasteiger partial charge in [-0.25, -0.2) is 15.0 Å². The van der Waals surface area contributed by atoms with Crippen LogP contribution in [0, 0.1) is 0 Å². The molecular formula is C22H18ClN5O. The van der Waals surface area contributed by atoms with Crippen molar-refractivity contribution >= 4 is 39.6 Å². The van der Waals surface area contributed by atoms with Gasteiger partial charge in [0.05, 0.1) is 22.3 Å². The second-order valence-corrected chi connectivity index (χ2v) is 7.68. The van der Waals surface area contributed by atoms with Gasteiger partial charge < -0.3 is 4.90 Å². The van der Waals surface area contributed by atoms with Gasteiger partial charge in [-0.2, -0.15) is 0 Å². The summed E-state index contributed by atoms with van der Waals surface area (Å²) in [5, 5.41) is 1.54. The molecule has 0 atom stereocenters. The number of nitrogens with zero attached hydrogens (tertiary/aromatic N) is 5. The number of rotatable bonds is 2. The fraction of sp³-hybridized carbons (Fsp3) is 0.227. The lowest BCUT2D eigenvalue weighted by molar-refractivity contribution is 0.0706. The molecule has 4 aromatic rings. The summed E-state index contributed by atoms with van der Waals surface area (Å²) in [5.74, 6) is 0.244. The summed E-state index contributed by atoms with van der Waals surface area (Å²) in [6, 6.07) is 13.5. The molecule has 1 aliphatic rings. The van der Waals surface area contributed by atoms with E-state index in [1.807, 2.05) is 47.4 Å². The van der Waals surface area contributed by atoms with Crippen LogP contribution in [-0.4, -0.2) is 43.8 Å². The Morgan fingerprint density at radius 3 is 2.59 bits per heavy atom. The molecule has 0 aliphatic carbocycles. The number of para-hydroxylation sites is 2. The summed E-state index contributed by atoms with van der Waals surface area (Å²) in [6.45, 7) is 1.34. The van der Waals surface area contributed by atoms with Crippen LogP contribution < -0.4 is 0 Å². The average Bonchev–Trinajstić information content (AvgIpc) is 2.78. The third-order valence-electron chi connectivity index (χ3n) is 5.40. The highest BCUT2D eigenvalue weighted by Crippen LogP contribution is 2.29. The van der Waals surface area contributed by atoms with E-state index in [0.29, 0.717) is 35.4 Å². The van der Waals surface area contributed by atoms with Crippen LogP contribution >= 0.6 is 11.6 Å². The van der Waals surface area contributed by atoms with Crippen molar-refractivity contribution in [1.29, 1.82) is 0 Å². The SMILES string of the molecule is O=C(c1cnc2ccccc2n1)N1CCC(c2ccc3cc(Cl)cnc3n2)CC1. The number of likely N-dealkylation sites (tertiary alicyclic amines) is 1. The number of amides is 1. The topological polar surface area (TPSA) is 71.9 Å². The Kier molecular flexibility index (Phi) is 4.56. The lowest BCUT2D eigenvalue weighted by atomic mass is 9.92. The van der Waals surface area contributed by atoms with Crippen LogP contribution in [0.5, 0.6) is 0 Å². The molecule has 0 spiro atoms. The molecular weight excluding hydrogens is 386 g/mol. The van der Waals surface area contributed by atoms with Gasteiger partial charge in [-0.1, -0.05) is 23.7 Å². The maximum Gasteiger partial charge on any atom is 0.274 e. The van der Waals surface area contributed by atoms with Crippen LogP contribution in [0.15, 0.2) is 54.9 Å². The molecule has 0 saturated carbocycles. The fourth-order valence-corrected chi connectivity index (χ4v) is 3.99. The van der Waals surface area contributed by atoms with Crippen molar-refractivity contribution in [3.63, 3.8) is 0 Å². The Labute approximate surface area is 172 Å². The number of hydrogen-bond acceptors (Lipinski definition) is 5. The Balaban J connectivity index is 1.30. The molecule has 3 aromatic heterocycles. The molecule has 4 heterocycles. The average molecular weight is 404 g/mol. The predicted molar refractivity (Wildman–Crippen MR) is 112 cm³/mol.